The van der Waals surface area contributed by atoms with E-state index in [1.54, 1.807) is 17.8 Å². The fraction of sp³-hybridized carbons (Fsp3) is 0.682. The molecule has 3 aliphatic heterocycles. The van der Waals surface area contributed by atoms with Gasteiger partial charge < -0.3 is 5.32 Å². The van der Waals surface area contributed by atoms with Crippen molar-refractivity contribution in [2.45, 2.75) is 55.9 Å². The number of sulfone groups is 1. The Morgan fingerprint density at radius 3 is 2.56 bits per heavy atom. The molecule has 0 bridgehead atoms. The van der Waals surface area contributed by atoms with Gasteiger partial charge in [0.1, 0.15) is 17.6 Å². The van der Waals surface area contributed by atoms with Crippen molar-refractivity contribution in [1.82, 2.24) is 10.2 Å². The van der Waals surface area contributed by atoms with E-state index in [1.165, 1.54) is 6.08 Å². The van der Waals surface area contributed by atoms with Crippen LogP contribution in [0.4, 0.5) is 4.39 Å². The summed E-state index contributed by atoms with van der Waals surface area (Å²) in [5.74, 6) is -0.0898. The first kappa shape index (κ1) is 22.3. The van der Waals surface area contributed by atoms with Crippen molar-refractivity contribution in [3.8, 4) is 0 Å². The summed E-state index contributed by atoms with van der Waals surface area (Å²) in [6.07, 6.45) is 9.51. The van der Waals surface area contributed by atoms with Crippen molar-refractivity contribution in [3.63, 3.8) is 0 Å². The van der Waals surface area contributed by atoms with Crippen LogP contribution in [-0.4, -0.2) is 78.5 Å². The molecule has 7 nitrogen and oxygen atoms in total. The van der Waals surface area contributed by atoms with E-state index in [0.29, 0.717) is 39.8 Å². The topological polar surface area (TPSA) is 91.2 Å². The number of hydrogen-bond acceptors (Lipinski definition) is 7. The lowest BCUT2D eigenvalue weighted by Crippen LogP contribution is -2.55. The van der Waals surface area contributed by atoms with E-state index in [2.05, 4.69) is 20.2 Å². The van der Waals surface area contributed by atoms with E-state index < -0.39 is 21.6 Å². The number of piperidine rings is 1. The lowest BCUT2D eigenvalue weighted by Gasteiger charge is -2.41. The molecule has 2 aliphatic carbocycles. The Morgan fingerprint density at radius 2 is 1.88 bits per heavy atom. The molecule has 3 heterocycles. The molecule has 5 rings (SSSR count). The first-order valence-corrected chi connectivity index (χ1v) is 14.3. The average Bonchev–Trinajstić information content (AvgIpc) is 3.23. The van der Waals surface area contributed by atoms with E-state index in [9.17, 15) is 17.6 Å². The molecule has 1 unspecified atom stereocenters. The minimum absolute atomic E-state index is 0.186. The molecule has 3 fully saturated rings. The summed E-state index contributed by atoms with van der Waals surface area (Å²) in [4.78, 5) is 24.1. The molecule has 0 spiro atoms. The molecule has 1 atom stereocenters. The van der Waals surface area contributed by atoms with Gasteiger partial charge >= 0.3 is 0 Å². The number of nitrogens with zero attached hydrogens (tertiary/aromatic N) is 3. The molecular weight excluding hydrogens is 451 g/mol. The first-order chi connectivity index (χ1) is 15.4. The number of thioether (sulfide) groups is 1. The van der Waals surface area contributed by atoms with Gasteiger partial charge in [-0.3, -0.25) is 14.7 Å². The van der Waals surface area contributed by atoms with Gasteiger partial charge in [0.05, 0.1) is 34.7 Å². The second-order valence-corrected chi connectivity index (χ2v) is 12.8. The molecular formula is C22H29FN4O3S2. The largest absolute Gasteiger partial charge is 0.313 e. The number of halogens is 1. The molecule has 10 heteroatoms. The Hall–Kier alpha value is -1.52. The quantitative estimate of drug-likeness (QED) is 0.652. The van der Waals surface area contributed by atoms with E-state index in [0.717, 1.165) is 51.6 Å². The number of aliphatic imine (C=N–C) groups is 2. The van der Waals surface area contributed by atoms with Gasteiger partial charge in [0.25, 0.3) is 0 Å². The lowest BCUT2D eigenvalue weighted by molar-refractivity contribution is -0.122. The van der Waals surface area contributed by atoms with Gasteiger partial charge in [0.2, 0.25) is 5.91 Å². The number of amides is 1. The molecule has 1 N–H and O–H groups in total. The highest BCUT2D eigenvalue weighted by molar-refractivity contribution is 8.00. The monoisotopic (exact) mass is 480 g/mol. The van der Waals surface area contributed by atoms with Crippen molar-refractivity contribution in [2.24, 2.45) is 15.9 Å². The minimum atomic E-state index is -2.80. The van der Waals surface area contributed by atoms with Gasteiger partial charge in [0, 0.05) is 11.3 Å². The van der Waals surface area contributed by atoms with Crippen LogP contribution in [0.5, 0.6) is 0 Å². The standard InChI is InChI=1S/C22H29FN4O3S2/c23-18-9-15(24-14-3-1-2-4-14)10-19-21(18)22(28)26-20(25-19)11-31-17-5-7-27(8-6-17)16-12-32(29,30)13-16/h9-10,14,16-17,21H,1-8,11-13H2,(H,25,26,28). The molecule has 0 aromatic heterocycles. The number of hydrogen-bond donors (Lipinski definition) is 1. The van der Waals surface area contributed by atoms with Crippen molar-refractivity contribution < 1.29 is 17.6 Å². The maximum absolute atomic E-state index is 14.6. The third-order valence-corrected chi connectivity index (χ3v) is 10.1. The van der Waals surface area contributed by atoms with Crippen molar-refractivity contribution >= 4 is 39.1 Å². The summed E-state index contributed by atoms with van der Waals surface area (Å²) in [7, 11) is -2.80. The smallest absolute Gasteiger partial charge is 0.241 e. The van der Waals surface area contributed by atoms with Crippen LogP contribution < -0.4 is 5.32 Å². The zero-order valence-corrected chi connectivity index (χ0v) is 19.6. The number of amidine groups is 1. The molecule has 5 aliphatic rings. The summed E-state index contributed by atoms with van der Waals surface area (Å²) in [5.41, 5.74) is 1.03. The van der Waals surface area contributed by atoms with Crippen molar-refractivity contribution in [1.29, 1.82) is 0 Å². The number of fused-ring (bicyclic) bond motifs is 1. The summed E-state index contributed by atoms with van der Waals surface area (Å²) in [6.45, 7) is 1.81. The van der Waals surface area contributed by atoms with Crippen LogP contribution in [-0.2, 0) is 14.6 Å². The Labute approximate surface area is 192 Å². The fourth-order valence-corrected chi connectivity index (χ4v) is 7.71. The maximum atomic E-state index is 14.6. The van der Waals surface area contributed by atoms with Gasteiger partial charge in [-0.25, -0.2) is 17.8 Å². The maximum Gasteiger partial charge on any atom is 0.241 e. The highest BCUT2D eigenvalue weighted by Crippen LogP contribution is 2.32. The second kappa shape index (κ2) is 9.02. The predicted octanol–water partition coefficient (Wildman–Crippen LogP) is 2.26. The molecule has 174 valence electrons. The number of nitrogens with one attached hydrogen (secondary N) is 1. The Kier molecular flexibility index (Phi) is 6.28. The van der Waals surface area contributed by atoms with E-state index in [1.807, 2.05) is 0 Å². The number of carbonyl (C=O) groups is 1. The molecule has 0 aromatic rings. The zero-order valence-electron chi connectivity index (χ0n) is 18.0. The Balaban J connectivity index is 1.18. The molecule has 1 amide bonds. The van der Waals surface area contributed by atoms with E-state index >= 15 is 0 Å². The summed E-state index contributed by atoms with van der Waals surface area (Å²) < 4.78 is 37.5. The van der Waals surface area contributed by atoms with Gasteiger partial charge in [-0.1, -0.05) is 12.8 Å². The predicted molar refractivity (Wildman–Crippen MR) is 126 cm³/mol. The van der Waals surface area contributed by atoms with Gasteiger partial charge in [-0.2, -0.15) is 11.8 Å². The zero-order chi connectivity index (χ0) is 22.3. The number of carbonyl (C=O) groups excluding carboxylic acids is 1. The SMILES string of the molecule is O=C1NC(CSC2CCN(C3CS(=O)(=O)C3)CC2)=NC2=CC(=NC3CCCC3)C=C(F)C12. The second-order valence-electron chi connectivity index (χ2n) is 9.35. The fourth-order valence-electron chi connectivity index (χ4n) is 5.14. The minimum Gasteiger partial charge on any atom is -0.313 e. The van der Waals surface area contributed by atoms with Crippen molar-refractivity contribution in [3.05, 3.63) is 23.7 Å². The van der Waals surface area contributed by atoms with Gasteiger partial charge in [-0.05, 0) is 50.9 Å². The number of rotatable bonds is 5. The van der Waals surface area contributed by atoms with Crippen LogP contribution in [0.1, 0.15) is 38.5 Å². The third-order valence-electron chi connectivity index (χ3n) is 6.94. The summed E-state index contributed by atoms with van der Waals surface area (Å²) in [6, 6.07) is 0.427. The average molecular weight is 481 g/mol. The molecule has 0 radical (unpaired) electrons. The summed E-state index contributed by atoms with van der Waals surface area (Å²) >= 11 is 1.76. The van der Waals surface area contributed by atoms with Crippen LogP contribution in [0.3, 0.4) is 0 Å². The van der Waals surface area contributed by atoms with Crippen molar-refractivity contribution in [2.75, 3.05) is 30.3 Å². The van der Waals surface area contributed by atoms with Crippen LogP contribution in [0.25, 0.3) is 0 Å². The van der Waals surface area contributed by atoms with Gasteiger partial charge in [-0.15, -0.1) is 0 Å². The van der Waals surface area contributed by atoms with Crippen LogP contribution in [0, 0.1) is 5.92 Å². The Bertz CT molecular complexity index is 994. The molecule has 32 heavy (non-hydrogen) atoms. The van der Waals surface area contributed by atoms with Crippen LogP contribution in [0.2, 0.25) is 0 Å². The number of allylic oxidation sites excluding steroid dienone is 2. The molecule has 0 aromatic carbocycles. The first-order valence-electron chi connectivity index (χ1n) is 11.5. The lowest BCUT2D eigenvalue weighted by atomic mass is 9.94. The highest BCUT2D eigenvalue weighted by atomic mass is 32.2. The van der Waals surface area contributed by atoms with E-state index in [4.69, 9.17) is 0 Å². The van der Waals surface area contributed by atoms with Crippen LogP contribution in [0.15, 0.2) is 33.7 Å². The summed E-state index contributed by atoms with van der Waals surface area (Å²) in [5, 5.41) is 3.22. The third kappa shape index (κ3) is 4.87. The van der Waals surface area contributed by atoms with Gasteiger partial charge in [0.15, 0.2) is 9.84 Å². The van der Waals surface area contributed by atoms with E-state index in [-0.39, 0.29) is 18.0 Å². The van der Waals surface area contributed by atoms with Crippen LogP contribution >= 0.6 is 11.8 Å². The molecule has 2 saturated heterocycles. The number of likely N-dealkylation sites (tertiary alicyclic amines) is 1. The molecule has 1 saturated carbocycles. The Morgan fingerprint density at radius 1 is 1.16 bits per heavy atom. The normalized spacial score (nSPS) is 30.9. The highest BCUT2D eigenvalue weighted by Gasteiger charge is 2.39.